The molecule has 2 fully saturated rings. The molecule has 0 spiro atoms. The van der Waals surface area contributed by atoms with Crippen LogP contribution in [-0.4, -0.2) is 71.7 Å². The Morgan fingerprint density at radius 3 is 2.41 bits per heavy atom. The van der Waals surface area contributed by atoms with Gasteiger partial charge < -0.3 is 15.3 Å². The maximum atomic E-state index is 12.3. The van der Waals surface area contributed by atoms with Crippen LogP contribution in [-0.2, 0) is 4.79 Å². The van der Waals surface area contributed by atoms with Crippen molar-refractivity contribution >= 4 is 5.91 Å². The van der Waals surface area contributed by atoms with E-state index >= 15 is 0 Å². The minimum absolute atomic E-state index is 0.107. The van der Waals surface area contributed by atoms with Crippen LogP contribution in [0.25, 0.3) is 0 Å². The molecule has 0 aromatic carbocycles. The van der Waals surface area contributed by atoms with E-state index in [4.69, 9.17) is 0 Å². The Hall–Kier alpha value is -0.650. The zero-order valence-corrected chi connectivity index (χ0v) is 14.6. The zero-order valence-electron chi connectivity index (χ0n) is 14.6. The average Bonchev–Trinajstić information content (AvgIpc) is 2.43. The van der Waals surface area contributed by atoms with Gasteiger partial charge in [0.15, 0.2) is 0 Å². The number of piperidine rings is 2. The van der Waals surface area contributed by atoms with Gasteiger partial charge in [-0.05, 0) is 38.5 Å². The Morgan fingerprint density at radius 2 is 1.86 bits per heavy atom. The molecular formula is C17H33N3O2. The number of rotatable bonds is 4. The first-order chi connectivity index (χ1) is 10.3. The van der Waals surface area contributed by atoms with Gasteiger partial charge in [-0.3, -0.25) is 9.69 Å². The SMILES string of the molecule is CC(C)N1CCC(NC(=O)CN2CCC(O)CC2)C(C)(C)C1. The molecule has 0 aromatic rings. The molecule has 2 heterocycles. The maximum Gasteiger partial charge on any atom is 0.234 e. The summed E-state index contributed by atoms with van der Waals surface area (Å²) in [6.45, 7) is 13.2. The minimum Gasteiger partial charge on any atom is -0.393 e. The lowest BCUT2D eigenvalue weighted by atomic mass is 9.78. The van der Waals surface area contributed by atoms with E-state index in [1.54, 1.807) is 0 Å². The fourth-order valence-electron chi connectivity index (χ4n) is 3.63. The van der Waals surface area contributed by atoms with Gasteiger partial charge in [-0.2, -0.15) is 0 Å². The van der Waals surface area contributed by atoms with Crippen molar-refractivity contribution in [1.82, 2.24) is 15.1 Å². The van der Waals surface area contributed by atoms with Gasteiger partial charge in [0, 0.05) is 38.3 Å². The Kier molecular flexibility index (Phi) is 5.86. The van der Waals surface area contributed by atoms with Crippen molar-refractivity contribution in [2.45, 2.75) is 65.1 Å². The molecule has 2 aliphatic heterocycles. The van der Waals surface area contributed by atoms with Gasteiger partial charge >= 0.3 is 0 Å². The molecule has 22 heavy (non-hydrogen) atoms. The van der Waals surface area contributed by atoms with Crippen molar-refractivity contribution in [3.63, 3.8) is 0 Å². The molecule has 2 N–H and O–H groups in total. The molecule has 0 radical (unpaired) electrons. The van der Waals surface area contributed by atoms with Crippen LogP contribution in [0.15, 0.2) is 0 Å². The molecule has 128 valence electrons. The van der Waals surface area contributed by atoms with E-state index in [0.29, 0.717) is 12.6 Å². The van der Waals surface area contributed by atoms with Crippen molar-refractivity contribution in [1.29, 1.82) is 0 Å². The van der Waals surface area contributed by atoms with Crippen LogP contribution in [0.1, 0.15) is 47.0 Å². The summed E-state index contributed by atoms with van der Waals surface area (Å²) in [5.41, 5.74) is 0.107. The largest absolute Gasteiger partial charge is 0.393 e. The highest BCUT2D eigenvalue weighted by atomic mass is 16.3. The molecule has 1 unspecified atom stereocenters. The van der Waals surface area contributed by atoms with Crippen molar-refractivity contribution in [3.8, 4) is 0 Å². The summed E-state index contributed by atoms with van der Waals surface area (Å²) in [4.78, 5) is 17.0. The minimum atomic E-state index is -0.182. The van der Waals surface area contributed by atoms with Crippen LogP contribution < -0.4 is 5.32 Å². The van der Waals surface area contributed by atoms with Crippen LogP contribution in [0.4, 0.5) is 0 Å². The average molecular weight is 311 g/mol. The van der Waals surface area contributed by atoms with Crippen molar-refractivity contribution in [3.05, 3.63) is 0 Å². The maximum absolute atomic E-state index is 12.3. The van der Waals surface area contributed by atoms with Crippen LogP contribution in [0.5, 0.6) is 0 Å². The van der Waals surface area contributed by atoms with Crippen LogP contribution >= 0.6 is 0 Å². The monoisotopic (exact) mass is 311 g/mol. The third-order valence-electron chi connectivity index (χ3n) is 5.25. The second-order valence-corrected chi connectivity index (χ2v) is 7.97. The molecule has 1 atom stereocenters. The number of amides is 1. The predicted octanol–water partition coefficient (Wildman–Crippen LogP) is 1.07. The van der Waals surface area contributed by atoms with Crippen molar-refractivity contribution < 1.29 is 9.90 Å². The molecular weight excluding hydrogens is 278 g/mol. The number of carbonyl (C=O) groups is 1. The number of nitrogens with zero attached hydrogens (tertiary/aromatic N) is 2. The van der Waals surface area contributed by atoms with Crippen molar-refractivity contribution in [2.24, 2.45) is 5.41 Å². The van der Waals surface area contributed by atoms with Gasteiger partial charge in [0.05, 0.1) is 12.6 Å². The van der Waals surface area contributed by atoms with Crippen LogP contribution in [0.2, 0.25) is 0 Å². The third-order valence-corrected chi connectivity index (χ3v) is 5.25. The number of hydrogen-bond donors (Lipinski definition) is 2. The predicted molar refractivity (Wildman–Crippen MR) is 88.7 cm³/mol. The Bertz CT molecular complexity index is 376. The number of aliphatic hydroxyl groups is 1. The summed E-state index contributed by atoms with van der Waals surface area (Å²) in [6, 6.07) is 0.820. The van der Waals surface area contributed by atoms with Gasteiger partial charge in [0.25, 0.3) is 0 Å². The summed E-state index contributed by atoms with van der Waals surface area (Å²) in [5, 5.41) is 12.8. The van der Waals surface area contributed by atoms with Gasteiger partial charge in [0.2, 0.25) is 5.91 Å². The summed E-state index contributed by atoms with van der Waals surface area (Å²) in [6.07, 6.45) is 2.41. The summed E-state index contributed by atoms with van der Waals surface area (Å²) in [7, 11) is 0. The lowest BCUT2D eigenvalue weighted by molar-refractivity contribution is -0.125. The molecule has 0 bridgehead atoms. The molecule has 0 aliphatic carbocycles. The van der Waals surface area contributed by atoms with E-state index in [1.807, 2.05) is 0 Å². The molecule has 0 saturated carbocycles. The smallest absolute Gasteiger partial charge is 0.234 e. The molecule has 2 saturated heterocycles. The number of carbonyl (C=O) groups excluding carboxylic acids is 1. The first-order valence-electron chi connectivity index (χ1n) is 8.72. The van der Waals surface area contributed by atoms with Crippen LogP contribution in [0, 0.1) is 5.41 Å². The third kappa shape index (κ3) is 4.67. The van der Waals surface area contributed by atoms with Crippen LogP contribution in [0.3, 0.4) is 0 Å². The second-order valence-electron chi connectivity index (χ2n) is 7.97. The first kappa shape index (κ1) is 17.7. The van der Waals surface area contributed by atoms with Gasteiger partial charge in [-0.15, -0.1) is 0 Å². The lowest BCUT2D eigenvalue weighted by Gasteiger charge is -2.46. The molecule has 0 aromatic heterocycles. The standard InChI is InChI=1S/C17H33N3O2/c1-13(2)20-10-7-15(17(3,4)12-20)18-16(22)11-19-8-5-14(21)6-9-19/h13-15,21H,5-12H2,1-4H3,(H,18,22). The van der Waals surface area contributed by atoms with E-state index in [1.165, 1.54) is 0 Å². The van der Waals surface area contributed by atoms with Gasteiger partial charge in [-0.25, -0.2) is 0 Å². The molecule has 2 rings (SSSR count). The van der Waals surface area contributed by atoms with Crippen molar-refractivity contribution in [2.75, 3.05) is 32.7 Å². The zero-order chi connectivity index (χ0) is 16.3. The van der Waals surface area contributed by atoms with Gasteiger partial charge in [-0.1, -0.05) is 13.8 Å². The highest BCUT2D eigenvalue weighted by Crippen LogP contribution is 2.30. The van der Waals surface area contributed by atoms with E-state index in [2.05, 4.69) is 42.8 Å². The molecule has 5 nitrogen and oxygen atoms in total. The van der Waals surface area contributed by atoms with E-state index < -0.39 is 0 Å². The number of aliphatic hydroxyl groups excluding tert-OH is 1. The lowest BCUT2D eigenvalue weighted by Crippen LogP contribution is -2.58. The fraction of sp³-hybridized carbons (Fsp3) is 0.941. The second kappa shape index (κ2) is 7.28. The Morgan fingerprint density at radius 1 is 1.23 bits per heavy atom. The molecule has 5 heteroatoms. The van der Waals surface area contributed by atoms with E-state index in [-0.39, 0.29) is 23.5 Å². The summed E-state index contributed by atoms with van der Waals surface area (Å²) < 4.78 is 0. The van der Waals surface area contributed by atoms with E-state index in [9.17, 15) is 9.90 Å². The number of likely N-dealkylation sites (tertiary alicyclic amines) is 2. The number of nitrogens with one attached hydrogen (secondary N) is 1. The fourth-order valence-corrected chi connectivity index (χ4v) is 3.63. The summed E-state index contributed by atoms with van der Waals surface area (Å²) >= 11 is 0. The highest BCUT2D eigenvalue weighted by Gasteiger charge is 2.37. The molecule has 1 amide bonds. The van der Waals surface area contributed by atoms with Gasteiger partial charge in [0.1, 0.15) is 0 Å². The number of hydrogen-bond acceptors (Lipinski definition) is 4. The molecule has 2 aliphatic rings. The first-order valence-corrected chi connectivity index (χ1v) is 8.72. The Labute approximate surface area is 135 Å². The summed E-state index contributed by atoms with van der Waals surface area (Å²) in [5.74, 6) is 0.132. The van der Waals surface area contributed by atoms with E-state index in [0.717, 1.165) is 45.4 Å². The Balaban J connectivity index is 1.81. The topological polar surface area (TPSA) is 55.8 Å². The normalized spacial score (nSPS) is 28.0. The highest BCUT2D eigenvalue weighted by molar-refractivity contribution is 5.78. The quantitative estimate of drug-likeness (QED) is 0.815.